The molecule has 13 heavy (non-hydrogen) atoms. The summed E-state index contributed by atoms with van der Waals surface area (Å²) in [5.41, 5.74) is 5.09. The second kappa shape index (κ2) is 3.74. The maximum atomic E-state index is 10.9. The average Bonchev–Trinajstić information content (AvgIpc) is 2.30. The van der Waals surface area contributed by atoms with Crippen molar-refractivity contribution in [1.29, 1.82) is 0 Å². The Bertz CT molecular complexity index is 229. The molecule has 3 unspecified atom stereocenters. The SMILES string of the molecule is CC(NC1CC(=O)NC1C)C(N)=O. The first-order valence-electron chi connectivity index (χ1n) is 4.35. The van der Waals surface area contributed by atoms with Gasteiger partial charge in [-0.15, -0.1) is 0 Å². The molecule has 74 valence electrons. The molecule has 3 atom stereocenters. The van der Waals surface area contributed by atoms with Crippen molar-refractivity contribution in [2.75, 3.05) is 0 Å². The minimum absolute atomic E-state index is 0.00926. The third-order valence-electron chi connectivity index (χ3n) is 2.29. The van der Waals surface area contributed by atoms with Gasteiger partial charge in [-0.2, -0.15) is 0 Å². The van der Waals surface area contributed by atoms with E-state index in [0.29, 0.717) is 6.42 Å². The summed E-state index contributed by atoms with van der Waals surface area (Å²) in [5.74, 6) is -0.381. The highest BCUT2D eigenvalue weighted by molar-refractivity contribution is 5.81. The molecule has 4 N–H and O–H groups in total. The molecule has 0 radical (unpaired) electrons. The maximum Gasteiger partial charge on any atom is 0.234 e. The Labute approximate surface area is 77.1 Å². The van der Waals surface area contributed by atoms with Crippen LogP contribution in [0.25, 0.3) is 0 Å². The Morgan fingerprint density at radius 1 is 1.77 bits per heavy atom. The van der Waals surface area contributed by atoms with E-state index in [-0.39, 0.29) is 24.0 Å². The number of amides is 2. The molecule has 1 aliphatic heterocycles. The summed E-state index contributed by atoms with van der Waals surface area (Å²) in [7, 11) is 0. The van der Waals surface area contributed by atoms with Gasteiger partial charge in [0.05, 0.1) is 6.04 Å². The van der Waals surface area contributed by atoms with Crippen LogP contribution >= 0.6 is 0 Å². The fraction of sp³-hybridized carbons (Fsp3) is 0.750. The first kappa shape index (κ1) is 9.98. The lowest BCUT2D eigenvalue weighted by Gasteiger charge is -2.19. The zero-order valence-electron chi connectivity index (χ0n) is 7.83. The largest absolute Gasteiger partial charge is 0.368 e. The second-order valence-corrected chi connectivity index (χ2v) is 3.46. The van der Waals surface area contributed by atoms with Crippen LogP contribution in [0.15, 0.2) is 0 Å². The van der Waals surface area contributed by atoms with Crippen molar-refractivity contribution in [3.8, 4) is 0 Å². The van der Waals surface area contributed by atoms with Crippen molar-refractivity contribution >= 4 is 11.8 Å². The Morgan fingerprint density at radius 3 is 2.77 bits per heavy atom. The number of carbonyl (C=O) groups excluding carboxylic acids is 2. The molecule has 1 aliphatic rings. The van der Waals surface area contributed by atoms with Crippen molar-refractivity contribution in [2.24, 2.45) is 5.73 Å². The van der Waals surface area contributed by atoms with E-state index < -0.39 is 5.91 Å². The van der Waals surface area contributed by atoms with Crippen molar-refractivity contribution < 1.29 is 9.59 Å². The highest BCUT2D eigenvalue weighted by atomic mass is 16.2. The minimum atomic E-state index is -0.397. The molecule has 1 rings (SSSR count). The van der Waals surface area contributed by atoms with E-state index in [1.807, 2.05) is 6.92 Å². The van der Waals surface area contributed by atoms with E-state index in [1.165, 1.54) is 0 Å². The molecule has 2 amide bonds. The van der Waals surface area contributed by atoms with E-state index in [1.54, 1.807) is 6.92 Å². The molecular formula is C8H15N3O2. The number of hydrogen-bond donors (Lipinski definition) is 3. The maximum absolute atomic E-state index is 10.9. The molecule has 1 fully saturated rings. The van der Waals surface area contributed by atoms with E-state index in [0.717, 1.165) is 0 Å². The van der Waals surface area contributed by atoms with Crippen LogP contribution in [0.3, 0.4) is 0 Å². The summed E-state index contributed by atoms with van der Waals surface area (Å²) in [4.78, 5) is 21.7. The molecule has 0 aromatic carbocycles. The Kier molecular flexibility index (Phi) is 2.87. The number of hydrogen-bond acceptors (Lipinski definition) is 3. The van der Waals surface area contributed by atoms with Gasteiger partial charge in [-0.1, -0.05) is 0 Å². The highest BCUT2D eigenvalue weighted by Crippen LogP contribution is 2.08. The topological polar surface area (TPSA) is 84.2 Å². The standard InChI is InChI=1S/C8H15N3O2/c1-4-6(3-7(12)11-4)10-5(2)8(9)13/h4-6,10H,3H2,1-2H3,(H2,9,13)(H,11,12). The third kappa shape index (κ3) is 2.42. The summed E-state index contributed by atoms with van der Waals surface area (Å²) < 4.78 is 0. The molecule has 0 saturated carbocycles. The lowest BCUT2D eigenvalue weighted by atomic mass is 10.1. The lowest BCUT2D eigenvalue weighted by molar-refractivity contribution is -0.121. The quantitative estimate of drug-likeness (QED) is 0.512. The van der Waals surface area contributed by atoms with E-state index >= 15 is 0 Å². The normalized spacial score (nSPS) is 29.8. The van der Waals surface area contributed by atoms with Crippen LogP contribution in [0.1, 0.15) is 20.3 Å². The van der Waals surface area contributed by atoms with Gasteiger partial charge in [0.15, 0.2) is 0 Å². The molecule has 0 aliphatic carbocycles. The number of nitrogens with one attached hydrogen (secondary N) is 2. The number of rotatable bonds is 3. The van der Waals surface area contributed by atoms with Gasteiger partial charge >= 0.3 is 0 Å². The van der Waals surface area contributed by atoms with E-state index in [9.17, 15) is 9.59 Å². The van der Waals surface area contributed by atoms with E-state index in [2.05, 4.69) is 10.6 Å². The van der Waals surface area contributed by atoms with Gasteiger partial charge in [-0.3, -0.25) is 9.59 Å². The summed E-state index contributed by atoms with van der Waals surface area (Å²) in [6.07, 6.45) is 0.415. The van der Waals surface area contributed by atoms with Crippen LogP contribution in [0.5, 0.6) is 0 Å². The van der Waals surface area contributed by atoms with Gasteiger partial charge in [0.25, 0.3) is 0 Å². The first-order chi connectivity index (χ1) is 6.00. The van der Waals surface area contributed by atoms with Crippen LogP contribution in [0.2, 0.25) is 0 Å². The highest BCUT2D eigenvalue weighted by Gasteiger charge is 2.30. The van der Waals surface area contributed by atoms with Crippen molar-refractivity contribution in [3.63, 3.8) is 0 Å². The monoisotopic (exact) mass is 185 g/mol. The molecule has 1 heterocycles. The predicted octanol–water partition coefficient (Wildman–Crippen LogP) is -1.27. The molecule has 5 nitrogen and oxygen atoms in total. The zero-order chi connectivity index (χ0) is 10.0. The van der Waals surface area contributed by atoms with Crippen LogP contribution in [-0.4, -0.2) is 29.9 Å². The molecular weight excluding hydrogens is 170 g/mol. The van der Waals surface area contributed by atoms with Crippen LogP contribution < -0.4 is 16.4 Å². The van der Waals surface area contributed by atoms with Gasteiger partial charge in [0.1, 0.15) is 0 Å². The van der Waals surface area contributed by atoms with Crippen LogP contribution in [0, 0.1) is 0 Å². The first-order valence-corrected chi connectivity index (χ1v) is 4.35. The molecule has 5 heteroatoms. The van der Waals surface area contributed by atoms with Crippen molar-refractivity contribution in [1.82, 2.24) is 10.6 Å². The molecule has 1 saturated heterocycles. The van der Waals surface area contributed by atoms with Gasteiger partial charge in [0, 0.05) is 18.5 Å². The van der Waals surface area contributed by atoms with Gasteiger partial charge in [0.2, 0.25) is 11.8 Å². The number of carbonyl (C=O) groups is 2. The van der Waals surface area contributed by atoms with Gasteiger partial charge < -0.3 is 16.4 Å². The summed E-state index contributed by atoms with van der Waals surface area (Å²) in [5, 5.41) is 5.76. The Morgan fingerprint density at radius 2 is 2.38 bits per heavy atom. The lowest BCUT2D eigenvalue weighted by Crippen LogP contribution is -2.48. The molecule has 0 aromatic rings. The Balaban J connectivity index is 2.45. The van der Waals surface area contributed by atoms with Crippen molar-refractivity contribution in [2.45, 2.75) is 38.4 Å². The predicted molar refractivity (Wildman–Crippen MR) is 47.8 cm³/mol. The zero-order valence-corrected chi connectivity index (χ0v) is 7.83. The fourth-order valence-corrected chi connectivity index (χ4v) is 1.40. The molecule has 0 spiro atoms. The summed E-state index contributed by atoms with van der Waals surface area (Å²) in [6.45, 7) is 3.59. The molecule has 0 aromatic heterocycles. The Hall–Kier alpha value is -1.10. The average molecular weight is 185 g/mol. The van der Waals surface area contributed by atoms with Gasteiger partial charge in [-0.25, -0.2) is 0 Å². The summed E-state index contributed by atoms with van der Waals surface area (Å²) >= 11 is 0. The van der Waals surface area contributed by atoms with Crippen molar-refractivity contribution in [3.05, 3.63) is 0 Å². The minimum Gasteiger partial charge on any atom is -0.368 e. The number of primary amides is 1. The summed E-state index contributed by atoms with van der Waals surface area (Å²) in [6, 6.07) is -0.315. The van der Waals surface area contributed by atoms with Crippen LogP contribution in [-0.2, 0) is 9.59 Å². The van der Waals surface area contributed by atoms with Crippen LogP contribution in [0.4, 0.5) is 0 Å². The molecule has 0 bridgehead atoms. The fourth-order valence-electron chi connectivity index (χ4n) is 1.40. The second-order valence-electron chi connectivity index (χ2n) is 3.46. The number of nitrogens with two attached hydrogens (primary N) is 1. The third-order valence-corrected chi connectivity index (χ3v) is 2.29. The van der Waals surface area contributed by atoms with E-state index in [4.69, 9.17) is 5.73 Å². The smallest absolute Gasteiger partial charge is 0.234 e. The van der Waals surface area contributed by atoms with Gasteiger partial charge in [-0.05, 0) is 13.8 Å².